The second kappa shape index (κ2) is 7.58. The number of amides is 1. The van der Waals surface area contributed by atoms with E-state index in [1.165, 1.54) is 25.3 Å². The lowest BCUT2D eigenvalue weighted by atomic mass is 10.3. The predicted molar refractivity (Wildman–Crippen MR) is 78.6 cm³/mol. The molecule has 0 heterocycles. The van der Waals surface area contributed by atoms with Crippen LogP contribution in [-0.4, -0.2) is 41.1 Å². The Labute approximate surface area is 126 Å². The molecule has 0 spiro atoms. The molecule has 0 radical (unpaired) electrons. The van der Waals surface area contributed by atoms with Crippen LogP contribution in [0.15, 0.2) is 27.6 Å². The Bertz CT molecular complexity index is 577. The third-order valence-corrected chi connectivity index (χ3v) is 4.67. The Morgan fingerprint density at radius 2 is 2.15 bits per heavy atom. The molecule has 0 aliphatic heterocycles. The standard InChI is InChI=1S/C11H16BrN3O4S/c1-19-5-4-14-11(16)7-15-20(17,18)10-3-2-8(13)6-9(10)12/h2-3,6,15H,4-5,7,13H2,1H3,(H,14,16). The van der Waals surface area contributed by atoms with Gasteiger partial charge in [0.1, 0.15) is 0 Å². The number of nitrogen functional groups attached to an aromatic ring is 1. The Morgan fingerprint density at radius 1 is 1.45 bits per heavy atom. The number of carbonyl (C=O) groups excluding carboxylic acids is 1. The monoisotopic (exact) mass is 365 g/mol. The summed E-state index contributed by atoms with van der Waals surface area (Å²) in [6.45, 7) is 0.341. The van der Waals surface area contributed by atoms with E-state index >= 15 is 0 Å². The fourth-order valence-corrected chi connectivity index (χ4v) is 3.40. The lowest BCUT2D eigenvalue weighted by molar-refractivity contribution is -0.120. The molecule has 1 amide bonds. The van der Waals surface area contributed by atoms with E-state index in [0.29, 0.717) is 23.3 Å². The zero-order chi connectivity index (χ0) is 15.2. The summed E-state index contributed by atoms with van der Waals surface area (Å²) >= 11 is 3.12. The average Bonchev–Trinajstić information content (AvgIpc) is 2.36. The maximum Gasteiger partial charge on any atom is 0.242 e. The van der Waals surface area contributed by atoms with Gasteiger partial charge in [0.05, 0.1) is 18.0 Å². The Kier molecular flexibility index (Phi) is 6.40. The second-order valence-corrected chi connectivity index (χ2v) is 6.45. The SMILES string of the molecule is COCCNC(=O)CNS(=O)(=O)c1ccc(N)cc1Br. The first kappa shape index (κ1) is 16.9. The average molecular weight is 366 g/mol. The number of carbonyl (C=O) groups is 1. The van der Waals surface area contributed by atoms with E-state index in [0.717, 1.165) is 0 Å². The molecule has 4 N–H and O–H groups in total. The molecule has 0 aliphatic carbocycles. The molecule has 0 aromatic heterocycles. The zero-order valence-corrected chi connectivity index (χ0v) is 13.3. The van der Waals surface area contributed by atoms with Crippen LogP contribution in [0.25, 0.3) is 0 Å². The Balaban J connectivity index is 2.64. The van der Waals surface area contributed by atoms with E-state index < -0.39 is 15.9 Å². The van der Waals surface area contributed by atoms with Crippen LogP contribution in [0.2, 0.25) is 0 Å². The fourth-order valence-electron chi connectivity index (χ4n) is 1.33. The van der Waals surface area contributed by atoms with Gasteiger partial charge in [-0.3, -0.25) is 4.79 Å². The van der Waals surface area contributed by atoms with Gasteiger partial charge in [0.25, 0.3) is 0 Å². The van der Waals surface area contributed by atoms with Crippen molar-refractivity contribution < 1.29 is 17.9 Å². The molecule has 0 saturated carbocycles. The number of anilines is 1. The molecule has 112 valence electrons. The highest BCUT2D eigenvalue weighted by Crippen LogP contribution is 2.23. The van der Waals surface area contributed by atoms with E-state index in [9.17, 15) is 13.2 Å². The van der Waals surface area contributed by atoms with Crippen LogP contribution in [0.4, 0.5) is 5.69 Å². The minimum atomic E-state index is -3.78. The molecule has 0 unspecified atom stereocenters. The fraction of sp³-hybridized carbons (Fsp3) is 0.364. The Hall–Kier alpha value is -1.16. The van der Waals surface area contributed by atoms with E-state index in [1.807, 2.05) is 0 Å². The van der Waals surface area contributed by atoms with Gasteiger partial charge in [-0.25, -0.2) is 13.1 Å². The van der Waals surface area contributed by atoms with Crippen molar-refractivity contribution in [2.45, 2.75) is 4.90 Å². The summed E-state index contributed by atoms with van der Waals surface area (Å²) in [7, 11) is -2.27. The van der Waals surface area contributed by atoms with Gasteiger partial charge in [0.2, 0.25) is 15.9 Å². The number of sulfonamides is 1. The van der Waals surface area contributed by atoms with Gasteiger partial charge in [-0.2, -0.15) is 0 Å². The summed E-state index contributed by atoms with van der Waals surface area (Å²) in [5, 5.41) is 2.51. The number of methoxy groups -OCH3 is 1. The number of halogens is 1. The maximum atomic E-state index is 12.0. The molecule has 20 heavy (non-hydrogen) atoms. The summed E-state index contributed by atoms with van der Waals surface area (Å²) in [6, 6.07) is 4.32. The predicted octanol–water partition coefficient (Wildman–Crippen LogP) is 0.0722. The van der Waals surface area contributed by atoms with Crippen molar-refractivity contribution in [3.63, 3.8) is 0 Å². The molecule has 0 aliphatic rings. The summed E-state index contributed by atoms with van der Waals surface area (Å²) in [5.74, 6) is -0.433. The molecule has 0 bridgehead atoms. The summed E-state index contributed by atoms with van der Waals surface area (Å²) in [4.78, 5) is 11.4. The van der Waals surface area contributed by atoms with Crippen molar-refractivity contribution in [2.24, 2.45) is 0 Å². The number of hydrogen-bond donors (Lipinski definition) is 3. The van der Waals surface area contributed by atoms with Crippen molar-refractivity contribution in [3.05, 3.63) is 22.7 Å². The highest BCUT2D eigenvalue weighted by atomic mass is 79.9. The van der Waals surface area contributed by atoms with Crippen molar-refractivity contribution in [2.75, 3.05) is 32.5 Å². The summed E-state index contributed by atoms with van der Waals surface area (Å²) < 4.78 is 31.3. The topological polar surface area (TPSA) is 111 Å². The number of ether oxygens (including phenoxy) is 1. The molecule has 9 heteroatoms. The number of nitrogens with two attached hydrogens (primary N) is 1. The molecule has 7 nitrogen and oxygen atoms in total. The minimum Gasteiger partial charge on any atom is -0.399 e. The smallest absolute Gasteiger partial charge is 0.242 e. The van der Waals surface area contributed by atoms with Crippen molar-refractivity contribution in [3.8, 4) is 0 Å². The maximum absolute atomic E-state index is 12.0. The minimum absolute atomic E-state index is 0.0244. The van der Waals surface area contributed by atoms with Crippen LogP contribution in [0, 0.1) is 0 Å². The van der Waals surface area contributed by atoms with Crippen LogP contribution in [-0.2, 0) is 19.6 Å². The lowest BCUT2D eigenvalue weighted by Gasteiger charge is -2.09. The molecule has 0 atom stereocenters. The number of benzene rings is 1. The van der Waals surface area contributed by atoms with Gasteiger partial charge >= 0.3 is 0 Å². The molecular formula is C11H16BrN3O4S. The molecule has 1 aromatic rings. The van der Waals surface area contributed by atoms with Gasteiger partial charge in [0.15, 0.2) is 0 Å². The van der Waals surface area contributed by atoms with Crippen LogP contribution < -0.4 is 15.8 Å². The second-order valence-electron chi connectivity index (χ2n) is 3.86. The van der Waals surface area contributed by atoms with Crippen LogP contribution >= 0.6 is 15.9 Å². The first-order valence-corrected chi connectivity index (χ1v) is 7.95. The van der Waals surface area contributed by atoms with Crippen molar-refractivity contribution >= 4 is 37.5 Å². The zero-order valence-electron chi connectivity index (χ0n) is 10.8. The summed E-state index contributed by atoms with van der Waals surface area (Å²) in [6.07, 6.45) is 0. The van der Waals surface area contributed by atoms with Gasteiger partial charge in [-0.1, -0.05) is 0 Å². The molecule has 0 fully saturated rings. The molecule has 0 saturated heterocycles. The number of nitrogens with one attached hydrogen (secondary N) is 2. The van der Waals surface area contributed by atoms with Gasteiger partial charge < -0.3 is 15.8 Å². The number of hydrogen-bond acceptors (Lipinski definition) is 5. The van der Waals surface area contributed by atoms with Crippen LogP contribution in [0.3, 0.4) is 0 Å². The third kappa shape index (κ3) is 5.08. The third-order valence-electron chi connectivity index (χ3n) is 2.30. The van der Waals surface area contributed by atoms with E-state index in [4.69, 9.17) is 10.5 Å². The van der Waals surface area contributed by atoms with Gasteiger partial charge in [-0.15, -0.1) is 0 Å². The first-order valence-electron chi connectivity index (χ1n) is 5.67. The van der Waals surface area contributed by atoms with Crippen LogP contribution in [0.1, 0.15) is 0 Å². The summed E-state index contributed by atoms with van der Waals surface area (Å²) in [5.41, 5.74) is 5.98. The Morgan fingerprint density at radius 3 is 2.75 bits per heavy atom. The highest BCUT2D eigenvalue weighted by molar-refractivity contribution is 9.10. The highest BCUT2D eigenvalue weighted by Gasteiger charge is 2.18. The number of rotatable bonds is 7. The van der Waals surface area contributed by atoms with E-state index in [2.05, 4.69) is 26.0 Å². The normalized spacial score (nSPS) is 11.3. The lowest BCUT2D eigenvalue weighted by Crippen LogP contribution is -2.38. The van der Waals surface area contributed by atoms with E-state index in [-0.39, 0.29) is 11.4 Å². The largest absolute Gasteiger partial charge is 0.399 e. The molecule has 1 rings (SSSR count). The first-order chi connectivity index (χ1) is 9.36. The van der Waals surface area contributed by atoms with Crippen molar-refractivity contribution in [1.82, 2.24) is 10.0 Å². The van der Waals surface area contributed by atoms with Crippen LogP contribution in [0.5, 0.6) is 0 Å². The van der Waals surface area contributed by atoms with E-state index in [1.54, 1.807) is 0 Å². The van der Waals surface area contributed by atoms with Gasteiger partial charge in [-0.05, 0) is 34.1 Å². The quantitative estimate of drug-likeness (QED) is 0.467. The van der Waals surface area contributed by atoms with Gasteiger partial charge in [0, 0.05) is 23.8 Å². The molecular weight excluding hydrogens is 350 g/mol. The van der Waals surface area contributed by atoms with Crippen molar-refractivity contribution in [1.29, 1.82) is 0 Å². The molecule has 1 aromatic carbocycles.